The van der Waals surface area contributed by atoms with Crippen molar-refractivity contribution in [3.63, 3.8) is 0 Å². The van der Waals surface area contributed by atoms with Gasteiger partial charge in [-0.05, 0) is 86.1 Å². The van der Waals surface area contributed by atoms with Gasteiger partial charge in [0.05, 0.1) is 36.0 Å². The standard InChI is InChI=1S/C33H33Cl2FN2O6S/c1-33(18-29(39)40)32(41)38(30(21-11-13-23(34)14-12-21)31(44-33)22-5-4-6-24(35)17-22)28(20-9-10-20)19-37(45(42,43)25-15-16-25)27-8-3-2-7-26(27)36/h2-8,11-14,17,20,25,28,30-31H,9-10,15-16,18-19H2,1H3,(H,39,40)/t28-,30-,31-,33+/m1/s1. The second-order valence-electron chi connectivity index (χ2n) is 12.2. The number of anilines is 1. The predicted molar refractivity (Wildman–Crippen MR) is 169 cm³/mol. The van der Waals surface area contributed by atoms with E-state index in [0.29, 0.717) is 46.9 Å². The second-order valence-corrected chi connectivity index (χ2v) is 15.2. The summed E-state index contributed by atoms with van der Waals surface area (Å²) in [6.45, 7) is 1.25. The molecule has 4 atom stereocenters. The first-order valence-corrected chi connectivity index (χ1v) is 17.1. The van der Waals surface area contributed by atoms with Crippen LogP contribution in [0.1, 0.15) is 62.3 Å². The highest BCUT2D eigenvalue weighted by Gasteiger charge is 2.56. The summed E-state index contributed by atoms with van der Waals surface area (Å²) >= 11 is 12.7. The van der Waals surface area contributed by atoms with Crippen molar-refractivity contribution in [3.05, 3.63) is 99.8 Å². The van der Waals surface area contributed by atoms with Gasteiger partial charge in [0, 0.05) is 10.0 Å². The zero-order valence-corrected chi connectivity index (χ0v) is 26.8. The number of carboxylic acids is 1. The SMILES string of the molecule is C[C@@]1(CC(=O)O)O[C@H](c2cccc(Cl)c2)[C@@H](c2ccc(Cl)cc2)N([C@H](CN(c2ccccc2F)S(=O)(=O)C2CC2)C2CC2)C1=O. The Morgan fingerprint density at radius 3 is 2.31 bits per heavy atom. The van der Waals surface area contributed by atoms with Crippen molar-refractivity contribution in [1.29, 1.82) is 0 Å². The Morgan fingerprint density at radius 2 is 1.71 bits per heavy atom. The van der Waals surface area contributed by atoms with Gasteiger partial charge in [0.15, 0.2) is 5.60 Å². The third kappa shape index (κ3) is 6.43. The zero-order valence-electron chi connectivity index (χ0n) is 24.5. The number of benzene rings is 3. The summed E-state index contributed by atoms with van der Waals surface area (Å²) in [5.41, 5.74) is -0.614. The van der Waals surface area contributed by atoms with E-state index in [1.165, 1.54) is 25.1 Å². The van der Waals surface area contributed by atoms with Crippen molar-refractivity contribution < 1.29 is 32.2 Å². The molecular formula is C33H33Cl2FN2O6S. The number of sulfonamides is 1. The number of aliphatic carboxylic acids is 1. The zero-order chi connectivity index (χ0) is 32.1. The molecule has 0 aromatic heterocycles. The molecular weight excluding hydrogens is 642 g/mol. The van der Waals surface area contributed by atoms with Gasteiger partial charge in [-0.15, -0.1) is 0 Å². The Bertz CT molecular complexity index is 1720. The summed E-state index contributed by atoms with van der Waals surface area (Å²) in [6, 6.07) is 18.0. The molecule has 1 heterocycles. The molecule has 2 aliphatic carbocycles. The topological polar surface area (TPSA) is 104 Å². The molecule has 1 N–H and O–H groups in total. The fourth-order valence-corrected chi connectivity index (χ4v) is 8.49. The number of carbonyl (C=O) groups is 2. The van der Waals surface area contributed by atoms with Gasteiger partial charge in [-0.25, -0.2) is 12.8 Å². The van der Waals surface area contributed by atoms with E-state index in [1.807, 2.05) is 0 Å². The number of amides is 1. The van der Waals surface area contributed by atoms with Gasteiger partial charge in [0.2, 0.25) is 10.0 Å². The Kier molecular flexibility index (Phi) is 8.62. The second kappa shape index (κ2) is 12.2. The van der Waals surface area contributed by atoms with Crippen molar-refractivity contribution in [2.45, 2.75) is 68.1 Å². The number of carbonyl (C=O) groups excluding carboxylic acids is 1. The Hall–Kier alpha value is -3.18. The van der Waals surface area contributed by atoms with E-state index in [1.54, 1.807) is 59.5 Å². The molecule has 3 aliphatic rings. The summed E-state index contributed by atoms with van der Waals surface area (Å²) in [4.78, 5) is 28.4. The minimum atomic E-state index is -3.97. The predicted octanol–water partition coefficient (Wildman–Crippen LogP) is 6.78. The van der Waals surface area contributed by atoms with Crippen LogP contribution >= 0.6 is 23.2 Å². The lowest BCUT2D eigenvalue weighted by molar-refractivity contribution is -0.207. The average Bonchev–Trinajstić information content (AvgIpc) is 3.90. The van der Waals surface area contributed by atoms with Gasteiger partial charge >= 0.3 is 5.97 Å². The quantitative estimate of drug-likeness (QED) is 0.240. The normalized spacial score (nSPS) is 24.4. The third-order valence-corrected chi connectivity index (χ3v) is 11.5. The lowest BCUT2D eigenvalue weighted by Crippen LogP contribution is -2.63. The smallest absolute Gasteiger partial charge is 0.306 e. The van der Waals surface area contributed by atoms with Crippen LogP contribution in [-0.4, -0.2) is 53.7 Å². The minimum Gasteiger partial charge on any atom is -0.481 e. The molecule has 12 heteroatoms. The highest BCUT2D eigenvalue weighted by Crippen LogP contribution is 2.51. The van der Waals surface area contributed by atoms with E-state index in [0.717, 1.165) is 4.31 Å². The van der Waals surface area contributed by atoms with Gasteiger partial charge in [-0.1, -0.05) is 59.6 Å². The van der Waals surface area contributed by atoms with Crippen LogP contribution in [0.25, 0.3) is 0 Å². The molecule has 0 bridgehead atoms. The first kappa shape index (κ1) is 31.8. The first-order chi connectivity index (χ1) is 21.4. The number of ether oxygens (including phenoxy) is 1. The molecule has 1 saturated heterocycles. The van der Waals surface area contributed by atoms with Crippen molar-refractivity contribution in [2.75, 3.05) is 10.8 Å². The molecule has 6 rings (SSSR count). The maximum Gasteiger partial charge on any atom is 0.306 e. The number of morpholine rings is 1. The summed E-state index contributed by atoms with van der Waals surface area (Å²) in [5, 5.41) is 10.2. The fraction of sp³-hybridized carbons (Fsp3) is 0.394. The molecule has 238 valence electrons. The highest BCUT2D eigenvalue weighted by atomic mass is 35.5. The molecule has 0 radical (unpaired) electrons. The largest absolute Gasteiger partial charge is 0.481 e. The molecule has 3 fully saturated rings. The van der Waals surface area contributed by atoms with E-state index < -0.39 is 63.2 Å². The van der Waals surface area contributed by atoms with Crippen LogP contribution in [-0.2, 0) is 24.3 Å². The van der Waals surface area contributed by atoms with Crippen LogP contribution in [0.5, 0.6) is 0 Å². The van der Waals surface area contributed by atoms with E-state index >= 15 is 4.39 Å². The number of nitrogens with zero attached hydrogens (tertiary/aromatic N) is 2. The lowest BCUT2D eigenvalue weighted by atomic mass is 9.85. The van der Waals surface area contributed by atoms with Crippen molar-refractivity contribution in [1.82, 2.24) is 4.90 Å². The van der Waals surface area contributed by atoms with Crippen LogP contribution in [0.2, 0.25) is 10.0 Å². The Balaban J connectivity index is 1.53. The molecule has 3 aromatic carbocycles. The molecule has 1 aliphatic heterocycles. The van der Waals surface area contributed by atoms with E-state index in [2.05, 4.69) is 0 Å². The Morgan fingerprint density at radius 1 is 1.02 bits per heavy atom. The van der Waals surface area contributed by atoms with Gasteiger partial charge in [-0.2, -0.15) is 0 Å². The van der Waals surface area contributed by atoms with Gasteiger partial charge in [-0.3, -0.25) is 13.9 Å². The average molecular weight is 676 g/mol. The highest BCUT2D eigenvalue weighted by molar-refractivity contribution is 7.93. The van der Waals surface area contributed by atoms with Crippen LogP contribution in [0, 0.1) is 11.7 Å². The Labute approximate surface area is 271 Å². The van der Waals surface area contributed by atoms with Crippen LogP contribution < -0.4 is 4.31 Å². The number of para-hydroxylation sites is 1. The van der Waals surface area contributed by atoms with Crippen molar-refractivity contribution in [3.8, 4) is 0 Å². The lowest BCUT2D eigenvalue weighted by Gasteiger charge is -2.52. The molecule has 0 unspecified atom stereocenters. The van der Waals surface area contributed by atoms with Crippen molar-refractivity contribution in [2.24, 2.45) is 5.92 Å². The third-order valence-electron chi connectivity index (χ3n) is 8.79. The minimum absolute atomic E-state index is 0.0847. The maximum absolute atomic E-state index is 15.3. The molecule has 0 spiro atoms. The summed E-state index contributed by atoms with van der Waals surface area (Å²) in [6.07, 6.45) is 0.873. The van der Waals surface area contributed by atoms with Gasteiger partial charge in [0.1, 0.15) is 11.9 Å². The number of halogens is 3. The number of carboxylic acid groups (broad SMARTS) is 1. The number of hydrogen-bond donors (Lipinski definition) is 1. The maximum atomic E-state index is 15.3. The molecule has 45 heavy (non-hydrogen) atoms. The van der Waals surface area contributed by atoms with Crippen LogP contribution in [0.4, 0.5) is 10.1 Å². The van der Waals surface area contributed by atoms with E-state index in [9.17, 15) is 23.1 Å². The monoisotopic (exact) mass is 674 g/mol. The van der Waals surface area contributed by atoms with Crippen LogP contribution in [0.3, 0.4) is 0 Å². The number of rotatable bonds is 11. The molecule has 8 nitrogen and oxygen atoms in total. The summed E-state index contributed by atoms with van der Waals surface area (Å²) in [5.74, 6) is -2.61. The van der Waals surface area contributed by atoms with E-state index in [4.69, 9.17) is 27.9 Å². The summed E-state index contributed by atoms with van der Waals surface area (Å²) in [7, 11) is -3.97. The number of hydrogen-bond acceptors (Lipinski definition) is 5. The van der Waals surface area contributed by atoms with Crippen LogP contribution in [0.15, 0.2) is 72.8 Å². The first-order valence-electron chi connectivity index (χ1n) is 14.9. The molecule has 3 aromatic rings. The molecule has 2 saturated carbocycles. The van der Waals surface area contributed by atoms with Crippen molar-refractivity contribution >= 4 is 50.8 Å². The van der Waals surface area contributed by atoms with Gasteiger partial charge < -0.3 is 14.7 Å². The fourth-order valence-electron chi connectivity index (χ4n) is 6.29. The molecule has 1 amide bonds. The summed E-state index contributed by atoms with van der Waals surface area (Å²) < 4.78 is 50.7. The van der Waals surface area contributed by atoms with Gasteiger partial charge in [0.25, 0.3) is 5.91 Å². The van der Waals surface area contributed by atoms with E-state index in [-0.39, 0.29) is 18.2 Å².